The molecule has 2 N–H and O–H groups in total. The molecule has 1 heterocycles. The summed E-state index contributed by atoms with van der Waals surface area (Å²) < 4.78 is 20.7. The molecule has 1 aromatic heterocycles. The molecule has 0 saturated carbocycles. The summed E-state index contributed by atoms with van der Waals surface area (Å²) in [4.78, 5) is 12.3. The van der Waals surface area contributed by atoms with E-state index in [2.05, 4.69) is 10.4 Å². The van der Waals surface area contributed by atoms with E-state index in [1.54, 1.807) is 50.1 Å². The van der Waals surface area contributed by atoms with Crippen LogP contribution in [-0.4, -0.2) is 33.4 Å². The van der Waals surface area contributed by atoms with Gasteiger partial charge in [0.2, 0.25) is 0 Å². The number of halogens is 1. The van der Waals surface area contributed by atoms with Crippen LogP contribution in [0.1, 0.15) is 25.8 Å². The van der Waals surface area contributed by atoms with Crippen molar-refractivity contribution in [2.24, 2.45) is 7.05 Å². The number of aryl methyl sites for hydroxylation is 1. The SMILES string of the molecule is CCC(Oc1ccccc1F)C(=O)NCC(C)(O)c1cnn(C)c1. The zero-order chi connectivity index (χ0) is 17.7. The lowest BCUT2D eigenvalue weighted by molar-refractivity contribution is -0.129. The number of para-hydroxylation sites is 1. The summed E-state index contributed by atoms with van der Waals surface area (Å²) >= 11 is 0. The number of rotatable bonds is 7. The van der Waals surface area contributed by atoms with E-state index >= 15 is 0 Å². The van der Waals surface area contributed by atoms with Crippen LogP contribution in [0, 0.1) is 5.82 Å². The summed E-state index contributed by atoms with van der Waals surface area (Å²) in [5.41, 5.74) is -0.673. The minimum Gasteiger partial charge on any atom is -0.478 e. The van der Waals surface area contributed by atoms with Crippen molar-refractivity contribution >= 4 is 5.91 Å². The molecule has 0 saturated heterocycles. The van der Waals surface area contributed by atoms with Gasteiger partial charge in [-0.1, -0.05) is 19.1 Å². The maximum Gasteiger partial charge on any atom is 0.261 e. The molecule has 0 fully saturated rings. The van der Waals surface area contributed by atoms with Gasteiger partial charge in [0.05, 0.1) is 12.7 Å². The lowest BCUT2D eigenvalue weighted by Crippen LogP contribution is -2.44. The van der Waals surface area contributed by atoms with Crippen LogP contribution >= 0.6 is 0 Å². The number of nitrogens with one attached hydrogen (secondary N) is 1. The number of carbonyl (C=O) groups excluding carboxylic acids is 1. The topological polar surface area (TPSA) is 76.4 Å². The van der Waals surface area contributed by atoms with Crippen LogP contribution in [0.4, 0.5) is 4.39 Å². The molecule has 1 aromatic carbocycles. The van der Waals surface area contributed by atoms with Crippen LogP contribution in [-0.2, 0) is 17.4 Å². The Labute approximate surface area is 140 Å². The van der Waals surface area contributed by atoms with Crippen LogP contribution in [0.2, 0.25) is 0 Å². The quantitative estimate of drug-likeness (QED) is 0.808. The Morgan fingerprint density at radius 1 is 1.50 bits per heavy atom. The van der Waals surface area contributed by atoms with E-state index in [-0.39, 0.29) is 12.3 Å². The minimum atomic E-state index is -1.26. The molecule has 6 nitrogen and oxygen atoms in total. The maximum absolute atomic E-state index is 13.6. The third-order valence-electron chi connectivity index (χ3n) is 3.70. The molecule has 2 aromatic rings. The average molecular weight is 335 g/mol. The molecule has 2 atom stereocenters. The highest BCUT2D eigenvalue weighted by Gasteiger charge is 2.27. The van der Waals surface area contributed by atoms with E-state index in [4.69, 9.17) is 4.74 Å². The molecule has 130 valence electrons. The van der Waals surface area contributed by atoms with Crippen molar-refractivity contribution in [3.05, 3.63) is 48.0 Å². The van der Waals surface area contributed by atoms with Crippen LogP contribution in [0.25, 0.3) is 0 Å². The zero-order valence-corrected chi connectivity index (χ0v) is 14.0. The van der Waals surface area contributed by atoms with Gasteiger partial charge in [-0.05, 0) is 25.5 Å². The molecule has 0 spiro atoms. The van der Waals surface area contributed by atoms with E-state index in [1.807, 2.05) is 0 Å². The Hall–Kier alpha value is -2.41. The van der Waals surface area contributed by atoms with Gasteiger partial charge in [0.25, 0.3) is 5.91 Å². The Kier molecular flexibility index (Phi) is 5.56. The molecule has 2 unspecified atom stereocenters. The lowest BCUT2D eigenvalue weighted by atomic mass is 9.99. The number of amides is 1. The summed E-state index contributed by atoms with van der Waals surface area (Å²) in [6, 6.07) is 5.93. The fraction of sp³-hybridized carbons (Fsp3) is 0.412. The molecule has 24 heavy (non-hydrogen) atoms. The van der Waals surface area contributed by atoms with Gasteiger partial charge >= 0.3 is 0 Å². The van der Waals surface area contributed by atoms with Crippen LogP contribution in [0.3, 0.4) is 0 Å². The number of benzene rings is 1. The maximum atomic E-state index is 13.6. The molecular formula is C17H22FN3O3. The summed E-state index contributed by atoms with van der Waals surface area (Å²) in [6.45, 7) is 3.35. The van der Waals surface area contributed by atoms with Crippen molar-refractivity contribution in [1.29, 1.82) is 0 Å². The van der Waals surface area contributed by atoms with Crippen molar-refractivity contribution in [1.82, 2.24) is 15.1 Å². The molecule has 0 radical (unpaired) electrons. The number of nitrogens with zero attached hydrogens (tertiary/aromatic N) is 2. The lowest BCUT2D eigenvalue weighted by Gasteiger charge is -2.24. The van der Waals surface area contributed by atoms with Gasteiger partial charge in [0, 0.05) is 18.8 Å². The fourth-order valence-electron chi connectivity index (χ4n) is 2.19. The number of hydrogen-bond donors (Lipinski definition) is 2. The largest absolute Gasteiger partial charge is 0.478 e. The number of aliphatic hydroxyl groups is 1. The first-order valence-electron chi connectivity index (χ1n) is 7.74. The molecule has 2 rings (SSSR count). The average Bonchev–Trinajstić information content (AvgIpc) is 2.99. The standard InChI is InChI=1S/C17H22FN3O3/c1-4-14(24-15-8-6-5-7-13(15)18)16(22)19-11-17(2,23)12-9-20-21(3)10-12/h5-10,14,23H,4,11H2,1-3H3,(H,19,22). The second-order valence-corrected chi connectivity index (χ2v) is 5.84. The van der Waals surface area contributed by atoms with Gasteiger partial charge in [0.15, 0.2) is 17.7 Å². The highest BCUT2D eigenvalue weighted by Crippen LogP contribution is 2.20. The van der Waals surface area contributed by atoms with E-state index in [1.165, 1.54) is 12.1 Å². The number of aromatic nitrogens is 2. The predicted molar refractivity (Wildman–Crippen MR) is 86.9 cm³/mol. The number of ether oxygens (including phenoxy) is 1. The van der Waals surface area contributed by atoms with E-state index in [0.717, 1.165) is 0 Å². The normalized spacial score (nSPS) is 14.7. The summed E-state index contributed by atoms with van der Waals surface area (Å²) in [6.07, 6.45) is 2.75. The Bertz CT molecular complexity index is 700. The first-order chi connectivity index (χ1) is 11.3. The predicted octanol–water partition coefficient (Wildman–Crippen LogP) is 1.74. The Balaban J connectivity index is 1.98. The molecule has 0 aliphatic heterocycles. The molecule has 0 aliphatic carbocycles. The van der Waals surface area contributed by atoms with Crippen molar-refractivity contribution in [3.63, 3.8) is 0 Å². The first-order valence-corrected chi connectivity index (χ1v) is 7.74. The first kappa shape index (κ1) is 17.9. The zero-order valence-electron chi connectivity index (χ0n) is 14.0. The summed E-state index contributed by atoms with van der Waals surface area (Å²) in [5, 5.41) is 17.1. The Morgan fingerprint density at radius 2 is 2.21 bits per heavy atom. The van der Waals surface area contributed by atoms with Crippen LogP contribution < -0.4 is 10.1 Å². The second kappa shape index (κ2) is 7.44. The second-order valence-electron chi connectivity index (χ2n) is 5.84. The highest BCUT2D eigenvalue weighted by molar-refractivity contribution is 5.81. The Morgan fingerprint density at radius 3 is 2.79 bits per heavy atom. The van der Waals surface area contributed by atoms with Gasteiger partial charge in [-0.2, -0.15) is 5.10 Å². The van der Waals surface area contributed by atoms with Gasteiger partial charge in [0.1, 0.15) is 5.60 Å². The van der Waals surface area contributed by atoms with Crippen LogP contribution in [0.5, 0.6) is 5.75 Å². The minimum absolute atomic E-state index is 0.00530. The number of carbonyl (C=O) groups is 1. The monoisotopic (exact) mass is 335 g/mol. The third kappa shape index (κ3) is 4.32. The third-order valence-corrected chi connectivity index (χ3v) is 3.70. The van der Waals surface area contributed by atoms with E-state index in [0.29, 0.717) is 12.0 Å². The van der Waals surface area contributed by atoms with Crippen molar-refractivity contribution in [3.8, 4) is 5.75 Å². The molecular weight excluding hydrogens is 313 g/mol. The van der Waals surface area contributed by atoms with Gasteiger partial charge in [-0.15, -0.1) is 0 Å². The molecule has 0 bridgehead atoms. The van der Waals surface area contributed by atoms with E-state index < -0.39 is 23.4 Å². The van der Waals surface area contributed by atoms with Crippen LogP contribution in [0.15, 0.2) is 36.7 Å². The highest BCUT2D eigenvalue weighted by atomic mass is 19.1. The number of hydrogen-bond acceptors (Lipinski definition) is 4. The molecule has 0 aliphatic rings. The van der Waals surface area contributed by atoms with Gasteiger partial charge in [-0.25, -0.2) is 4.39 Å². The fourth-order valence-corrected chi connectivity index (χ4v) is 2.19. The van der Waals surface area contributed by atoms with E-state index in [9.17, 15) is 14.3 Å². The van der Waals surface area contributed by atoms with Gasteiger partial charge < -0.3 is 15.2 Å². The van der Waals surface area contributed by atoms with Gasteiger partial charge in [-0.3, -0.25) is 9.48 Å². The summed E-state index contributed by atoms with van der Waals surface area (Å²) in [7, 11) is 1.74. The van der Waals surface area contributed by atoms with Crippen molar-refractivity contribution in [2.45, 2.75) is 32.0 Å². The molecule has 7 heteroatoms. The van der Waals surface area contributed by atoms with Crippen molar-refractivity contribution < 1.29 is 19.0 Å². The van der Waals surface area contributed by atoms with Crippen molar-refractivity contribution in [2.75, 3.05) is 6.54 Å². The molecule has 1 amide bonds. The summed E-state index contributed by atoms with van der Waals surface area (Å²) in [5.74, 6) is -0.908. The smallest absolute Gasteiger partial charge is 0.261 e.